The van der Waals surface area contributed by atoms with Crippen molar-refractivity contribution < 1.29 is 4.92 Å². The van der Waals surface area contributed by atoms with Crippen LogP contribution in [-0.2, 0) is 0 Å². The Hall–Kier alpha value is -3.94. The van der Waals surface area contributed by atoms with Crippen LogP contribution >= 0.6 is 0 Å². The zero-order valence-corrected chi connectivity index (χ0v) is 13.4. The smallest absolute Gasteiger partial charge is 0.258 e. The van der Waals surface area contributed by atoms with Crippen LogP contribution in [-0.4, -0.2) is 20.3 Å². The van der Waals surface area contributed by atoms with Crippen LogP contribution in [0.4, 0.5) is 17.1 Å². The third-order valence-electron chi connectivity index (χ3n) is 3.89. The van der Waals surface area contributed by atoms with E-state index in [9.17, 15) is 10.1 Å². The summed E-state index contributed by atoms with van der Waals surface area (Å²) in [5.41, 5.74) is 4.30. The van der Waals surface area contributed by atoms with E-state index in [0.29, 0.717) is 16.7 Å². The second-order valence-corrected chi connectivity index (χ2v) is 5.51. The predicted octanol–water partition coefficient (Wildman–Crippen LogP) is 4.95. The molecule has 0 bridgehead atoms. The Kier molecular flexibility index (Phi) is 3.91. The van der Waals surface area contributed by atoms with E-state index in [1.165, 1.54) is 12.1 Å². The molecule has 0 aliphatic heterocycles. The van der Waals surface area contributed by atoms with Crippen LogP contribution in [0.15, 0.2) is 77.0 Å². The molecule has 0 saturated heterocycles. The number of nitro groups is 1. The van der Waals surface area contributed by atoms with Gasteiger partial charge in [-0.2, -0.15) is 5.11 Å². The third-order valence-corrected chi connectivity index (χ3v) is 3.89. The highest BCUT2D eigenvalue weighted by atomic mass is 16.6. The fourth-order valence-electron chi connectivity index (χ4n) is 2.61. The molecule has 1 aromatic heterocycles. The molecular formula is C18H12N6O2. The normalized spacial score (nSPS) is 11.2. The van der Waals surface area contributed by atoms with Crippen molar-refractivity contribution in [2.24, 2.45) is 10.2 Å². The lowest BCUT2D eigenvalue weighted by Crippen LogP contribution is -1.87. The summed E-state index contributed by atoms with van der Waals surface area (Å²) in [6.07, 6.45) is 0. The number of aromatic nitrogens is 3. The average molecular weight is 344 g/mol. The number of azo groups is 1. The summed E-state index contributed by atoms with van der Waals surface area (Å²) in [6.45, 7) is 0. The Labute approximate surface area is 147 Å². The van der Waals surface area contributed by atoms with Gasteiger partial charge in [0.15, 0.2) is 0 Å². The number of rotatable bonds is 4. The van der Waals surface area contributed by atoms with Crippen LogP contribution in [0.5, 0.6) is 0 Å². The maximum absolute atomic E-state index is 10.8. The number of hydrogen-bond donors (Lipinski definition) is 1. The van der Waals surface area contributed by atoms with Crippen LogP contribution in [0.2, 0.25) is 0 Å². The van der Waals surface area contributed by atoms with Gasteiger partial charge in [0.05, 0.1) is 16.1 Å². The van der Waals surface area contributed by atoms with E-state index in [4.69, 9.17) is 0 Å². The standard InChI is InChI=1S/C18H12N6O2/c25-24(26)14-8-6-12(7-9-14)15-10-11-16(18-17(15)21-23-22-18)20-19-13-4-2-1-3-5-13/h1-11H,(H,21,22,23). The summed E-state index contributed by atoms with van der Waals surface area (Å²) >= 11 is 0. The summed E-state index contributed by atoms with van der Waals surface area (Å²) < 4.78 is 0. The first-order valence-corrected chi connectivity index (χ1v) is 7.78. The van der Waals surface area contributed by atoms with Crippen LogP contribution in [0, 0.1) is 10.1 Å². The Morgan fingerprint density at radius 3 is 2.42 bits per heavy atom. The molecule has 8 nitrogen and oxygen atoms in total. The molecule has 26 heavy (non-hydrogen) atoms. The van der Waals surface area contributed by atoms with E-state index < -0.39 is 4.92 Å². The first-order valence-electron chi connectivity index (χ1n) is 7.78. The van der Waals surface area contributed by atoms with Gasteiger partial charge in [-0.05, 0) is 42.0 Å². The average Bonchev–Trinajstić information content (AvgIpc) is 3.17. The lowest BCUT2D eigenvalue weighted by Gasteiger charge is -2.04. The molecule has 0 spiro atoms. The first kappa shape index (κ1) is 15.6. The van der Waals surface area contributed by atoms with Crippen molar-refractivity contribution in [1.82, 2.24) is 15.4 Å². The van der Waals surface area contributed by atoms with E-state index in [0.717, 1.165) is 16.8 Å². The number of non-ortho nitro benzene ring substituents is 1. The van der Waals surface area contributed by atoms with Crippen LogP contribution in [0.25, 0.3) is 22.2 Å². The fourth-order valence-corrected chi connectivity index (χ4v) is 2.61. The van der Waals surface area contributed by atoms with E-state index in [-0.39, 0.29) is 5.69 Å². The molecule has 0 amide bonds. The van der Waals surface area contributed by atoms with E-state index >= 15 is 0 Å². The molecule has 0 atom stereocenters. The lowest BCUT2D eigenvalue weighted by atomic mass is 10.0. The molecule has 0 unspecified atom stereocenters. The van der Waals surface area contributed by atoms with Crippen molar-refractivity contribution in [1.29, 1.82) is 0 Å². The number of hydrogen-bond acceptors (Lipinski definition) is 6. The van der Waals surface area contributed by atoms with E-state index in [2.05, 4.69) is 25.6 Å². The van der Waals surface area contributed by atoms with Gasteiger partial charge >= 0.3 is 0 Å². The molecule has 3 aromatic carbocycles. The minimum atomic E-state index is -0.426. The monoisotopic (exact) mass is 344 g/mol. The maximum atomic E-state index is 10.8. The Balaban J connectivity index is 1.74. The molecule has 0 aliphatic rings. The summed E-state index contributed by atoms with van der Waals surface area (Å²) in [4.78, 5) is 10.4. The highest BCUT2D eigenvalue weighted by molar-refractivity contribution is 5.97. The van der Waals surface area contributed by atoms with Gasteiger partial charge in [0.25, 0.3) is 5.69 Å². The minimum absolute atomic E-state index is 0.0426. The van der Waals surface area contributed by atoms with Crippen molar-refractivity contribution in [3.63, 3.8) is 0 Å². The van der Waals surface area contributed by atoms with Gasteiger partial charge < -0.3 is 0 Å². The minimum Gasteiger partial charge on any atom is -0.258 e. The topological polar surface area (TPSA) is 109 Å². The molecular weight excluding hydrogens is 332 g/mol. The van der Waals surface area contributed by atoms with Crippen molar-refractivity contribution in [2.45, 2.75) is 0 Å². The van der Waals surface area contributed by atoms with Gasteiger partial charge in [0.2, 0.25) is 0 Å². The van der Waals surface area contributed by atoms with Crippen molar-refractivity contribution in [2.75, 3.05) is 0 Å². The zero-order valence-electron chi connectivity index (χ0n) is 13.4. The summed E-state index contributed by atoms with van der Waals surface area (Å²) in [6, 6.07) is 19.4. The van der Waals surface area contributed by atoms with Gasteiger partial charge in [-0.3, -0.25) is 15.2 Å². The summed E-state index contributed by atoms with van der Waals surface area (Å²) in [5, 5.41) is 30.1. The number of nitrogens with zero attached hydrogens (tertiary/aromatic N) is 5. The number of fused-ring (bicyclic) bond motifs is 1. The third kappa shape index (κ3) is 2.91. The predicted molar refractivity (Wildman–Crippen MR) is 96.6 cm³/mol. The highest BCUT2D eigenvalue weighted by Crippen LogP contribution is 2.33. The van der Waals surface area contributed by atoms with Crippen LogP contribution < -0.4 is 0 Å². The van der Waals surface area contributed by atoms with E-state index in [1.807, 2.05) is 36.4 Å². The van der Waals surface area contributed by atoms with Crippen molar-refractivity contribution in [3.05, 3.63) is 76.8 Å². The van der Waals surface area contributed by atoms with Gasteiger partial charge in [-0.1, -0.05) is 23.4 Å². The summed E-state index contributed by atoms with van der Waals surface area (Å²) in [7, 11) is 0. The van der Waals surface area contributed by atoms with Gasteiger partial charge in [0.1, 0.15) is 11.2 Å². The molecule has 1 heterocycles. The maximum Gasteiger partial charge on any atom is 0.269 e. The van der Waals surface area contributed by atoms with Gasteiger partial charge in [-0.25, -0.2) is 0 Å². The molecule has 0 radical (unpaired) electrons. The molecule has 1 N–H and O–H groups in total. The summed E-state index contributed by atoms with van der Waals surface area (Å²) in [5.74, 6) is 0. The quantitative estimate of drug-likeness (QED) is 0.321. The molecule has 0 aliphatic carbocycles. The number of benzene rings is 3. The molecule has 0 fully saturated rings. The Morgan fingerprint density at radius 2 is 1.69 bits per heavy atom. The number of nitrogens with one attached hydrogen (secondary N) is 1. The number of nitro benzene ring substituents is 1. The molecule has 4 rings (SSSR count). The van der Waals surface area contributed by atoms with E-state index in [1.54, 1.807) is 18.2 Å². The number of H-pyrrole nitrogens is 1. The zero-order chi connectivity index (χ0) is 17.9. The SMILES string of the molecule is O=[N+]([O-])c1ccc(-c2ccc(N=Nc3ccccc3)c3nn[nH]c23)cc1. The second-order valence-electron chi connectivity index (χ2n) is 5.51. The molecule has 126 valence electrons. The van der Waals surface area contributed by atoms with Gasteiger partial charge in [0, 0.05) is 17.7 Å². The lowest BCUT2D eigenvalue weighted by molar-refractivity contribution is -0.384. The highest BCUT2D eigenvalue weighted by Gasteiger charge is 2.12. The largest absolute Gasteiger partial charge is 0.269 e. The fraction of sp³-hybridized carbons (Fsp3) is 0. The molecule has 0 saturated carbocycles. The Bertz CT molecular complexity index is 1100. The second kappa shape index (κ2) is 6.52. The van der Waals surface area contributed by atoms with Crippen LogP contribution in [0.1, 0.15) is 0 Å². The van der Waals surface area contributed by atoms with Crippen molar-refractivity contribution in [3.8, 4) is 11.1 Å². The molecule has 8 heteroatoms. The van der Waals surface area contributed by atoms with Crippen molar-refractivity contribution >= 4 is 28.1 Å². The van der Waals surface area contributed by atoms with Crippen LogP contribution in [0.3, 0.4) is 0 Å². The first-order chi connectivity index (χ1) is 12.7. The molecule has 4 aromatic rings. The van der Waals surface area contributed by atoms with Gasteiger partial charge in [-0.15, -0.1) is 10.2 Å². The Morgan fingerprint density at radius 1 is 0.923 bits per heavy atom. The number of aromatic amines is 1.